The zero-order valence-corrected chi connectivity index (χ0v) is 13.0. The Morgan fingerprint density at radius 1 is 1.38 bits per heavy atom. The van der Waals surface area contributed by atoms with Crippen molar-refractivity contribution in [2.75, 3.05) is 26.4 Å². The van der Waals surface area contributed by atoms with Gasteiger partial charge in [-0.05, 0) is 31.1 Å². The van der Waals surface area contributed by atoms with Gasteiger partial charge in [0.25, 0.3) is 0 Å². The Morgan fingerprint density at radius 2 is 2.06 bits per heavy atom. The summed E-state index contributed by atoms with van der Waals surface area (Å²) in [6, 6.07) is 0. The van der Waals surface area contributed by atoms with Crippen LogP contribution in [0.2, 0.25) is 0 Å². The summed E-state index contributed by atoms with van der Waals surface area (Å²) in [5.74, 6) is 0. The van der Waals surface area contributed by atoms with Crippen molar-refractivity contribution in [2.24, 2.45) is 5.41 Å². The van der Waals surface area contributed by atoms with Gasteiger partial charge in [0, 0.05) is 13.2 Å². The molecule has 0 radical (unpaired) electrons. The first-order valence-corrected chi connectivity index (χ1v) is 7.26. The molecule has 1 rings (SSSR count). The maximum atomic E-state index is 5.56. The maximum absolute atomic E-state index is 5.56. The van der Waals surface area contributed by atoms with Crippen molar-refractivity contribution in [3.05, 3.63) is 0 Å². The van der Waals surface area contributed by atoms with Crippen molar-refractivity contribution in [3.8, 4) is 0 Å². The summed E-state index contributed by atoms with van der Waals surface area (Å²) in [5.41, 5.74) is 0.390. The van der Waals surface area contributed by atoms with Gasteiger partial charge in [-0.2, -0.15) is 0 Å². The molecule has 1 unspecified atom stereocenters. The van der Waals surface area contributed by atoms with Crippen molar-refractivity contribution in [1.29, 1.82) is 0 Å². The average Bonchev–Trinajstić information content (AvgIpc) is 3.11. The molecule has 0 bridgehead atoms. The summed E-state index contributed by atoms with van der Waals surface area (Å²) in [4.78, 5) is 0. The Labute approximate surface area is 102 Å². The number of rotatable bonds is 10. The number of ether oxygens (including phenoxy) is 2. The molecule has 0 saturated carbocycles. The van der Waals surface area contributed by atoms with Crippen LogP contribution in [0.4, 0.5) is 0 Å². The first-order chi connectivity index (χ1) is 7.76. The topological polar surface area (TPSA) is 31.0 Å². The van der Waals surface area contributed by atoms with Crippen molar-refractivity contribution >= 4 is 10.5 Å². The molecule has 1 fully saturated rings. The Bertz CT molecular complexity index is 179. The fraction of sp³-hybridized carbons (Fsp3) is 1.00. The fourth-order valence-electron chi connectivity index (χ4n) is 2.11. The van der Waals surface area contributed by atoms with Gasteiger partial charge in [0.1, 0.15) is 16.6 Å². The lowest BCUT2D eigenvalue weighted by atomic mass is 9.79. The minimum absolute atomic E-state index is 0.390. The van der Waals surface area contributed by atoms with E-state index in [-0.39, 0.29) is 0 Å². The summed E-state index contributed by atoms with van der Waals surface area (Å²) in [5, 5.41) is 0. The third-order valence-electron chi connectivity index (χ3n) is 3.65. The lowest BCUT2D eigenvalue weighted by Crippen LogP contribution is -2.25. The lowest BCUT2D eigenvalue weighted by Gasteiger charge is -2.31. The van der Waals surface area contributed by atoms with Crippen LogP contribution in [0.5, 0.6) is 0 Å². The van der Waals surface area contributed by atoms with E-state index in [0.29, 0.717) is 11.5 Å². The summed E-state index contributed by atoms with van der Waals surface area (Å²) < 4.78 is 16.1. The van der Waals surface area contributed by atoms with Crippen molar-refractivity contribution in [3.63, 3.8) is 0 Å². The van der Waals surface area contributed by atoms with Gasteiger partial charge < -0.3 is 13.9 Å². The predicted octanol–water partition coefficient (Wildman–Crippen LogP) is 1.29. The molecule has 0 spiro atoms. The number of hydrogen-bond donors (Lipinski definition) is 0. The Kier molecular flexibility index (Phi) is 6.57. The SMILES string of the molecule is CCC(CC)(CCCOCC1CO1)CO[SiH3]. The molecule has 0 aromatic heterocycles. The van der Waals surface area contributed by atoms with E-state index in [0.717, 1.165) is 43.3 Å². The molecule has 0 N–H and O–H groups in total. The molecular weight excluding hydrogens is 220 g/mol. The lowest BCUT2D eigenvalue weighted by molar-refractivity contribution is 0.0829. The average molecular weight is 246 g/mol. The Hall–Kier alpha value is 0.0969. The Balaban J connectivity index is 2.09. The highest BCUT2D eigenvalue weighted by Crippen LogP contribution is 2.32. The van der Waals surface area contributed by atoms with Gasteiger partial charge in [-0.3, -0.25) is 0 Å². The highest BCUT2D eigenvalue weighted by atomic mass is 28.2. The third kappa shape index (κ3) is 4.95. The van der Waals surface area contributed by atoms with E-state index in [2.05, 4.69) is 13.8 Å². The van der Waals surface area contributed by atoms with Gasteiger partial charge in [0.05, 0.1) is 13.2 Å². The molecule has 0 amide bonds. The van der Waals surface area contributed by atoms with Crippen molar-refractivity contribution in [1.82, 2.24) is 0 Å². The van der Waals surface area contributed by atoms with Crippen LogP contribution in [-0.2, 0) is 13.9 Å². The standard InChI is InChI=1S/C12H26O3Si/c1-3-12(4-2,10-15-16)6-5-7-13-8-11-9-14-11/h11H,3-10H2,1-2,16H3. The van der Waals surface area contributed by atoms with Crippen LogP contribution in [0.3, 0.4) is 0 Å². The van der Waals surface area contributed by atoms with Crippen molar-refractivity contribution in [2.45, 2.75) is 45.6 Å². The van der Waals surface area contributed by atoms with Gasteiger partial charge in [0.15, 0.2) is 0 Å². The molecule has 16 heavy (non-hydrogen) atoms. The zero-order valence-electron chi connectivity index (χ0n) is 11.0. The molecule has 96 valence electrons. The monoisotopic (exact) mass is 246 g/mol. The molecule has 1 heterocycles. The summed E-state index contributed by atoms with van der Waals surface area (Å²) in [7, 11) is 0.847. The van der Waals surface area contributed by atoms with Crippen molar-refractivity contribution < 1.29 is 13.9 Å². The van der Waals surface area contributed by atoms with E-state index in [1.165, 1.54) is 19.3 Å². The van der Waals surface area contributed by atoms with E-state index in [1.807, 2.05) is 0 Å². The fourth-order valence-corrected chi connectivity index (χ4v) is 2.73. The molecule has 1 aliphatic rings. The molecule has 0 aromatic rings. The van der Waals surface area contributed by atoms with Crippen LogP contribution in [-0.4, -0.2) is 43.0 Å². The van der Waals surface area contributed by atoms with Crippen LogP contribution in [0.15, 0.2) is 0 Å². The van der Waals surface area contributed by atoms with Crippen LogP contribution >= 0.6 is 0 Å². The van der Waals surface area contributed by atoms with E-state index < -0.39 is 0 Å². The van der Waals surface area contributed by atoms with E-state index in [9.17, 15) is 0 Å². The molecule has 1 atom stereocenters. The second-order valence-corrected chi connectivity index (χ2v) is 5.35. The van der Waals surface area contributed by atoms with Gasteiger partial charge >= 0.3 is 0 Å². The highest BCUT2D eigenvalue weighted by Gasteiger charge is 2.25. The largest absolute Gasteiger partial charge is 0.427 e. The number of hydrogen-bond acceptors (Lipinski definition) is 3. The first kappa shape index (κ1) is 14.2. The third-order valence-corrected chi connectivity index (χ3v) is 3.94. The van der Waals surface area contributed by atoms with Gasteiger partial charge in [-0.15, -0.1) is 0 Å². The second-order valence-electron chi connectivity index (χ2n) is 4.77. The van der Waals surface area contributed by atoms with E-state index in [1.54, 1.807) is 0 Å². The predicted molar refractivity (Wildman–Crippen MR) is 68.7 cm³/mol. The van der Waals surface area contributed by atoms with Crippen LogP contribution in [0.25, 0.3) is 0 Å². The first-order valence-electron chi connectivity index (χ1n) is 6.44. The molecule has 0 aromatic carbocycles. The van der Waals surface area contributed by atoms with E-state index in [4.69, 9.17) is 13.9 Å². The van der Waals surface area contributed by atoms with Crippen LogP contribution < -0.4 is 0 Å². The quantitative estimate of drug-likeness (QED) is 0.331. The molecular formula is C12H26O3Si. The van der Waals surface area contributed by atoms with E-state index >= 15 is 0 Å². The minimum atomic E-state index is 0.390. The van der Waals surface area contributed by atoms with Crippen LogP contribution in [0, 0.1) is 5.41 Å². The van der Waals surface area contributed by atoms with Gasteiger partial charge in [-0.1, -0.05) is 13.8 Å². The van der Waals surface area contributed by atoms with Crippen LogP contribution in [0.1, 0.15) is 39.5 Å². The highest BCUT2D eigenvalue weighted by molar-refractivity contribution is 5.97. The molecule has 4 heteroatoms. The van der Waals surface area contributed by atoms with Gasteiger partial charge in [-0.25, -0.2) is 0 Å². The molecule has 1 saturated heterocycles. The summed E-state index contributed by atoms with van der Waals surface area (Å²) in [6.07, 6.45) is 5.16. The summed E-state index contributed by atoms with van der Waals surface area (Å²) in [6.45, 7) is 8.00. The maximum Gasteiger partial charge on any atom is 0.145 e. The Morgan fingerprint density at radius 3 is 2.56 bits per heavy atom. The smallest absolute Gasteiger partial charge is 0.145 e. The molecule has 3 nitrogen and oxygen atoms in total. The molecule has 0 aliphatic carbocycles. The number of epoxide rings is 1. The van der Waals surface area contributed by atoms with Gasteiger partial charge in [0.2, 0.25) is 0 Å². The summed E-state index contributed by atoms with van der Waals surface area (Å²) >= 11 is 0. The second kappa shape index (κ2) is 7.43. The zero-order chi connectivity index (χ0) is 11.9. The normalized spacial score (nSPS) is 20.2. The molecule has 1 aliphatic heterocycles. The minimum Gasteiger partial charge on any atom is -0.427 e.